The third-order valence-corrected chi connectivity index (χ3v) is 11.8. The van der Waals surface area contributed by atoms with Gasteiger partial charge in [-0.2, -0.15) is 0 Å². The van der Waals surface area contributed by atoms with Crippen LogP contribution in [-0.4, -0.2) is 4.98 Å². The first-order valence-electron chi connectivity index (χ1n) is 19.5. The van der Waals surface area contributed by atoms with Crippen molar-refractivity contribution < 1.29 is 0 Å². The largest absolute Gasteiger partial charge is 0.366 e. The summed E-state index contributed by atoms with van der Waals surface area (Å²) >= 11 is 0. The van der Waals surface area contributed by atoms with Crippen LogP contribution >= 0.6 is 0 Å². The molecule has 0 bridgehead atoms. The van der Waals surface area contributed by atoms with Crippen LogP contribution in [0.4, 0.5) is 5.69 Å². The molecule has 3 heterocycles. The van der Waals surface area contributed by atoms with E-state index in [1.165, 1.54) is 108 Å². The Bertz CT molecular complexity index is 2570. The van der Waals surface area contributed by atoms with Crippen LogP contribution in [0.2, 0.25) is 0 Å². The van der Waals surface area contributed by atoms with Gasteiger partial charge in [-0.1, -0.05) is 103 Å². The summed E-state index contributed by atoms with van der Waals surface area (Å²) in [5.74, 6) is 0. The van der Waals surface area contributed by atoms with E-state index < -0.39 is 0 Å². The number of aromatic nitrogens is 1. The molecule has 6 aromatic carbocycles. The molecule has 2 aliphatic rings. The van der Waals surface area contributed by atoms with Crippen LogP contribution in [0.5, 0.6) is 0 Å². The molecule has 1 N–H and O–H groups in total. The first-order chi connectivity index (χ1) is 26.4. The second-order valence-corrected chi connectivity index (χ2v) is 15.3. The van der Waals surface area contributed by atoms with Gasteiger partial charge in [0.25, 0.3) is 0 Å². The number of nitrogens with one attached hydrogen (secondary N) is 1. The van der Waals surface area contributed by atoms with E-state index in [9.17, 15) is 0 Å². The van der Waals surface area contributed by atoms with Gasteiger partial charge in [0.15, 0.2) is 0 Å². The predicted molar refractivity (Wildman–Crippen MR) is 228 cm³/mol. The van der Waals surface area contributed by atoms with E-state index in [0.717, 1.165) is 24.1 Å². The van der Waals surface area contributed by atoms with Crippen LogP contribution in [0.25, 0.3) is 55.4 Å². The fourth-order valence-electron chi connectivity index (χ4n) is 8.87. The zero-order valence-electron chi connectivity index (χ0n) is 31.8. The Kier molecular flexibility index (Phi) is 8.87. The summed E-state index contributed by atoms with van der Waals surface area (Å²) in [5.41, 5.74) is 21.0. The van der Waals surface area contributed by atoms with Gasteiger partial charge in [-0.25, -0.2) is 0 Å². The van der Waals surface area contributed by atoms with Gasteiger partial charge >= 0.3 is 0 Å². The summed E-state index contributed by atoms with van der Waals surface area (Å²) in [4.78, 5) is 7.13. The molecule has 0 saturated carbocycles. The summed E-state index contributed by atoms with van der Waals surface area (Å²) in [7, 11) is 0. The van der Waals surface area contributed by atoms with E-state index in [-0.39, 0.29) is 6.17 Å². The van der Waals surface area contributed by atoms with Crippen molar-refractivity contribution >= 4 is 16.5 Å². The molecular formula is C51H47N3. The topological polar surface area (TPSA) is 28.2 Å². The Labute approximate surface area is 320 Å². The zero-order chi connectivity index (χ0) is 36.8. The van der Waals surface area contributed by atoms with Crippen LogP contribution in [-0.2, 0) is 12.8 Å². The highest BCUT2D eigenvalue weighted by Crippen LogP contribution is 2.47. The third-order valence-electron chi connectivity index (χ3n) is 11.8. The first-order valence-corrected chi connectivity index (χ1v) is 19.5. The Morgan fingerprint density at radius 2 is 1.24 bits per heavy atom. The lowest BCUT2D eigenvalue weighted by Crippen LogP contribution is -2.30. The molecule has 3 heteroatoms. The Morgan fingerprint density at radius 3 is 2.02 bits per heavy atom. The second kappa shape index (κ2) is 14.1. The molecule has 0 fully saturated rings. The lowest BCUT2D eigenvalue weighted by molar-refractivity contribution is 0.663. The van der Waals surface area contributed by atoms with E-state index in [0.29, 0.717) is 0 Å². The number of nitrogens with zero attached hydrogens (tertiary/aromatic N) is 2. The quantitative estimate of drug-likeness (QED) is 0.152. The van der Waals surface area contributed by atoms with Crippen LogP contribution in [0, 0.1) is 27.7 Å². The highest BCUT2D eigenvalue weighted by atomic mass is 15.3. The Morgan fingerprint density at radius 1 is 0.556 bits per heavy atom. The predicted octanol–water partition coefficient (Wildman–Crippen LogP) is 13.0. The van der Waals surface area contributed by atoms with Gasteiger partial charge < -0.3 is 10.2 Å². The van der Waals surface area contributed by atoms with Gasteiger partial charge in [-0.15, -0.1) is 0 Å². The molecule has 54 heavy (non-hydrogen) atoms. The molecule has 1 unspecified atom stereocenters. The Hall–Kier alpha value is -5.93. The molecule has 9 rings (SSSR count). The molecule has 0 spiro atoms. The van der Waals surface area contributed by atoms with Gasteiger partial charge in [0.2, 0.25) is 0 Å². The Balaban J connectivity index is 0.852. The van der Waals surface area contributed by atoms with E-state index >= 15 is 0 Å². The SMILES string of the molecule is Cc1cc(-c2cccc(-c3nccc4ccccc34)c2)c(C)cc1CCCCCc1cc(C)c(-c2ccc3c(c2)-c2ccccc2C2NC=CN32)cc1C. The summed E-state index contributed by atoms with van der Waals surface area (Å²) in [6.45, 7) is 9.11. The third kappa shape index (κ3) is 6.18. The molecule has 3 nitrogen and oxygen atoms in total. The zero-order valence-corrected chi connectivity index (χ0v) is 31.8. The van der Waals surface area contributed by atoms with Crippen molar-refractivity contribution in [2.75, 3.05) is 4.90 Å². The maximum absolute atomic E-state index is 4.78. The number of pyridine rings is 1. The lowest BCUT2D eigenvalue weighted by Gasteiger charge is -2.34. The summed E-state index contributed by atoms with van der Waals surface area (Å²) in [6.07, 6.45) is 12.2. The summed E-state index contributed by atoms with van der Waals surface area (Å²) in [5, 5.41) is 5.93. The molecule has 0 saturated heterocycles. The average molecular weight is 702 g/mol. The number of hydrogen-bond donors (Lipinski definition) is 1. The minimum atomic E-state index is 0.172. The fraction of sp³-hybridized carbons (Fsp3) is 0.196. The molecule has 1 aromatic heterocycles. The van der Waals surface area contributed by atoms with Gasteiger partial charge in [0.1, 0.15) is 6.17 Å². The number of rotatable bonds is 9. The van der Waals surface area contributed by atoms with Crippen molar-refractivity contribution in [1.82, 2.24) is 10.3 Å². The van der Waals surface area contributed by atoms with Crippen molar-refractivity contribution in [3.63, 3.8) is 0 Å². The maximum Gasteiger partial charge on any atom is 0.130 e. The van der Waals surface area contributed by atoms with Crippen molar-refractivity contribution in [2.45, 2.75) is 66.0 Å². The van der Waals surface area contributed by atoms with Crippen molar-refractivity contribution in [2.24, 2.45) is 0 Å². The average Bonchev–Trinajstić information content (AvgIpc) is 3.70. The number of aryl methyl sites for hydroxylation is 6. The number of anilines is 1. The standard InChI is InChI=1S/C51H47N3/c1-33-29-46(40-16-12-17-42(31-40)50-43-18-9-8-13-37(43)23-24-52-50)35(3)27-38(33)14-6-5-7-15-39-28-36(4)47(30-34(39)2)41-21-22-49-48(32-41)44-19-10-11-20-45(44)51-53-25-26-54(49)51/h8-13,16-32,51,53H,5-7,14-15H2,1-4H3. The molecular weight excluding hydrogens is 655 g/mol. The van der Waals surface area contributed by atoms with Gasteiger partial charge in [0, 0.05) is 40.7 Å². The van der Waals surface area contributed by atoms with Crippen LogP contribution in [0.1, 0.15) is 64.4 Å². The van der Waals surface area contributed by atoms with E-state index in [1.54, 1.807) is 0 Å². The first kappa shape index (κ1) is 33.9. The maximum atomic E-state index is 4.78. The molecule has 0 aliphatic carbocycles. The second-order valence-electron chi connectivity index (χ2n) is 15.3. The van der Waals surface area contributed by atoms with Gasteiger partial charge in [-0.05, 0) is 144 Å². The fourth-order valence-corrected chi connectivity index (χ4v) is 8.87. The van der Waals surface area contributed by atoms with Gasteiger partial charge in [-0.3, -0.25) is 4.98 Å². The smallest absolute Gasteiger partial charge is 0.130 e. The molecule has 266 valence electrons. The van der Waals surface area contributed by atoms with Crippen LogP contribution < -0.4 is 10.2 Å². The number of benzene rings is 6. The number of hydrogen-bond acceptors (Lipinski definition) is 3. The number of unbranched alkanes of at least 4 members (excludes halogenated alkanes) is 2. The van der Waals surface area contributed by atoms with Crippen molar-refractivity contribution in [1.29, 1.82) is 0 Å². The highest BCUT2D eigenvalue weighted by Gasteiger charge is 2.31. The highest BCUT2D eigenvalue weighted by molar-refractivity contribution is 5.95. The normalized spacial score (nSPS) is 14.1. The van der Waals surface area contributed by atoms with Gasteiger partial charge in [0.05, 0.1) is 11.4 Å². The molecule has 0 amide bonds. The molecule has 0 radical (unpaired) electrons. The van der Waals surface area contributed by atoms with E-state index in [1.807, 2.05) is 6.20 Å². The minimum Gasteiger partial charge on any atom is -0.366 e. The van der Waals surface area contributed by atoms with Crippen molar-refractivity contribution in [3.8, 4) is 44.6 Å². The van der Waals surface area contributed by atoms with Crippen LogP contribution in [0.3, 0.4) is 0 Å². The monoisotopic (exact) mass is 701 g/mol. The number of fused-ring (bicyclic) bond motifs is 7. The molecule has 1 atom stereocenters. The molecule has 2 aliphatic heterocycles. The summed E-state index contributed by atoms with van der Waals surface area (Å²) in [6, 6.07) is 45.0. The van der Waals surface area contributed by atoms with E-state index in [2.05, 4.69) is 172 Å². The van der Waals surface area contributed by atoms with E-state index in [4.69, 9.17) is 4.98 Å². The van der Waals surface area contributed by atoms with Crippen LogP contribution in [0.15, 0.2) is 140 Å². The lowest BCUT2D eigenvalue weighted by atomic mass is 9.87. The summed E-state index contributed by atoms with van der Waals surface area (Å²) < 4.78 is 0. The molecule has 7 aromatic rings. The minimum absolute atomic E-state index is 0.172. The van der Waals surface area contributed by atoms with Crippen molar-refractivity contribution in [3.05, 3.63) is 179 Å².